The molecule has 1 N–H and O–H groups in total. The Bertz CT molecular complexity index is 1500. The van der Waals surface area contributed by atoms with Crippen molar-refractivity contribution < 1.29 is 18.0 Å². The maximum atomic E-state index is 14.3. The van der Waals surface area contributed by atoms with Gasteiger partial charge in [-0.15, -0.1) is 0 Å². The van der Waals surface area contributed by atoms with Crippen LogP contribution in [-0.2, 0) is 32.6 Å². The van der Waals surface area contributed by atoms with Crippen molar-refractivity contribution in [3.8, 4) is 0 Å². The average Bonchev–Trinajstić information content (AvgIpc) is 2.94. The smallest absolute Gasteiger partial charge is 0.244 e. The van der Waals surface area contributed by atoms with Gasteiger partial charge in [0.05, 0.1) is 11.9 Å². The molecule has 1 fully saturated rings. The molecule has 1 aliphatic carbocycles. The Kier molecular flexibility index (Phi) is 11.1. The van der Waals surface area contributed by atoms with E-state index in [1.807, 2.05) is 54.6 Å². The van der Waals surface area contributed by atoms with E-state index in [1.54, 1.807) is 25.1 Å². The molecule has 3 aromatic rings. The summed E-state index contributed by atoms with van der Waals surface area (Å²) in [5, 5.41) is 3.68. The predicted octanol–water partition coefficient (Wildman–Crippen LogP) is 6.27. The summed E-state index contributed by atoms with van der Waals surface area (Å²) in [4.78, 5) is 29.8. The Balaban J connectivity index is 1.74. The normalized spacial score (nSPS) is 14.7. The van der Waals surface area contributed by atoms with Crippen LogP contribution in [0.15, 0.2) is 77.3 Å². The summed E-state index contributed by atoms with van der Waals surface area (Å²) < 4.78 is 28.0. The highest BCUT2D eigenvalue weighted by Gasteiger charge is 2.34. The van der Waals surface area contributed by atoms with Crippen LogP contribution < -0.4 is 9.62 Å². The van der Waals surface area contributed by atoms with Crippen LogP contribution in [-0.4, -0.2) is 50.0 Å². The van der Waals surface area contributed by atoms with Crippen LogP contribution >= 0.6 is 27.5 Å². The van der Waals surface area contributed by atoms with E-state index in [0.29, 0.717) is 16.3 Å². The van der Waals surface area contributed by atoms with Gasteiger partial charge in [0, 0.05) is 28.5 Å². The van der Waals surface area contributed by atoms with Crippen LogP contribution in [0.5, 0.6) is 0 Å². The third kappa shape index (κ3) is 8.82. The average molecular weight is 675 g/mol. The number of nitrogens with one attached hydrogen (secondary N) is 1. The second-order valence-electron chi connectivity index (χ2n) is 10.9. The summed E-state index contributed by atoms with van der Waals surface area (Å²) in [6.07, 6.45) is 6.43. The van der Waals surface area contributed by atoms with Crippen molar-refractivity contribution in [3.63, 3.8) is 0 Å². The van der Waals surface area contributed by atoms with E-state index >= 15 is 0 Å². The zero-order valence-electron chi connectivity index (χ0n) is 23.9. The second kappa shape index (κ2) is 14.5. The Morgan fingerprint density at radius 1 is 0.976 bits per heavy atom. The largest absolute Gasteiger partial charge is 0.352 e. The van der Waals surface area contributed by atoms with Crippen molar-refractivity contribution in [1.82, 2.24) is 10.2 Å². The number of nitrogens with zero attached hydrogens (tertiary/aromatic N) is 2. The summed E-state index contributed by atoms with van der Waals surface area (Å²) in [6.45, 7) is 1.42. The fourth-order valence-corrected chi connectivity index (χ4v) is 7.00. The first-order chi connectivity index (χ1) is 20.0. The molecule has 2 amide bonds. The van der Waals surface area contributed by atoms with Gasteiger partial charge < -0.3 is 10.2 Å². The molecule has 10 heteroatoms. The number of benzene rings is 3. The van der Waals surface area contributed by atoms with Crippen LogP contribution in [0, 0.1) is 6.92 Å². The SMILES string of the molecule is Cc1cc(Cl)ccc1N(CC(=O)N(Cc1cccc(Br)c1)[C@H](Cc1ccccc1)C(=O)NC1CCCCC1)S(C)(=O)=O. The van der Waals surface area contributed by atoms with Gasteiger partial charge in [-0.25, -0.2) is 8.42 Å². The first-order valence-electron chi connectivity index (χ1n) is 14.1. The number of aryl methyl sites for hydroxylation is 1. The number of sulfonamides is 1. The molecule has 1 saturated carbocycles. The van der Waals surface area contributed by atoms with E-state index < -0.39 is 28.5 Å². The molecule has 0 aliphatic heterocycles. The molecule has 0 saturated heterocycles. The maximum Gasteiger partial charge on any atom is 0.244 e. The maximum absolute atomic E-state index is 14.3. The lowest BCUT2D eigenvalue weighted by Crippen LogP contribution is -2.55. The first-order valence-corrected chi connectivity index (χ1v) is 17.2. The van der Waals surface area contributed by atoms with Gasteiger partial charge in [-0.1, -0.05) is 89.3 Å². The van der Waals surface area contributed by atoms with Gasteiger partial charge in [0.15, 0.2) is 0 Å². The zero-order valence-corrected chi connectivity index (χ0v) is 27.1. The molecule has 42 heavy (non-hydrogen) atoms. The molecule has 0 unspecified atom stereocenters. The van der Waals surface area contributed by atoms with Gasteiger partial charge in [-0.2, -0.15) is 0 Å². The molecule has 224 valence electrons. The minimum Gasteiger partial charge on any atom is -0.352 e. The highest BCUT2D eigenvalue weighted by molar-refractivity contribution is 9.10. The summed E-state index contributed by atoms with van der Waals surface area (Å²) in [5.74, 6) is -0.711. The van der Waals surface area contributed by atoms with E-state index in [-0.39, 0.29) is 24.9 Å². The molecular formula is C32H37BrClN3O4S. The third-order valence-electron chi connectivity index (χ3n) is 7.57. The fourth-order valence-electron chi connectivity index (χ4n) is 5.42. The molecule has 7 nitrogen and oxygen atoms in total. The zero-order chi connectivity index (χ0) is 30.3. The van der Waals surface area contributed by atoms with E-state index in [9.17, 15) is 18.0 Å². The second-order valence-corrected chi connectivity index (χ2v) is 14.2. The molecule has 0 spiro atoms. The minimum absolute atomic E-state index is 0.0524. The highest BCUT2D eigenvalue weighted by atomic mass is 79.9. The van der Waals surface area contributed by atoms with Crippen LogP contribution in [0.1, 0.15) is 48.8 Å². The van der Waals surface area contributed by atoms with Crippen molar-refractivity contribution in [3.05, 3.63) is 99.0 Å². The topological polar surface area (TPSA) is 86.8 Å². The van der Waals surface area contributed by atoms with Gasteiger partial charge >= 0.3 is 0 Å². The summed E-state index contributed by atoms with van der Waals surface area (Å²) in [6, 6.07) is 21.2. The van der Waals surface area contributed by atoms with Gasteiger partial charge in [-0.05, 0) is 66.8 Å². The van der Waals surface area contributed by atoms with E-state index in [2.05, 4.69) is 21.2 Å². The van der Waals surface area contributed by atoms with Crippen LogP contribution in [0.3, 0.4) is 0 Å². The number of amides is 2. The van der Waals surface area contributed by atoms with Crippen molar-refractivity contribution in [1.29, 1.82) is 0 Å². The van der Waals surface area contributed by atoms with E-state index in [4.69, 9.17) is 11.6 Å². The molecule has 0 radical (unpaired) electrons. The van der Waals surface area contributed by atoms with Crippen LogP contribution in [0.4, 0.5) is 5.69 Å². The van der Waals surface area contributed by atoms with Gasteiger partial charge in [0.25, 0.3) is 0 Å². The Labute approximate surface area is 262 Å². The number of carbonyl (C=O) groups excluding carboxylic acids is 2. The lowest BCUT2D eigenvalue weighted by Gasteiger charge is -2.35. The van der Waals surface area contributed by atoms with Crippen LogP contribution in [0.25, 0.3) is 0 Å². The monoisotopic (exact) mass is 673 g/mol. The van der Waals surface area contributed by atoms with Gasteiger partial charge in [0.2, 0.25) is 21.8 Å². The summed E-state index contributed by atoms with van der Waals surface area (Å²) >= 11 is 9.64. The van der Waals surface area contributed by atoms with Crippen molar-refractivity contribution in [2.45, 2.75) is 64.1 Å². The van der Waals surface area contributed by atoms with Crippen molar-refractivity contribution in [2.24, 2.45) is 0 Å². The van der Waals surface area contributed by atoms with Gasteiger partial charge in [0.1, 0.15) is 12.6 Å². The van der Waals surface area contributed by atoms with Gasteiger partial charge in [-0.3, -0.25) is 13.9 Å². The molecule has 0 heterocycles. The number of anilines is 1. The summed E-state index contributed by atoms with van der Waals surface area (Å²) in [7, 11) is -3.85. The number of halogens is 2. The molecule has 0 aromatic heterocycles. The number of rotatable bonds is 11. The Hall–Kier alpha value is -2.88. The molecule has 1 atom stereocenters. The third-order valence-corrected chi connectivity index (χ3v) is 9.43. The molecule has 4 rings (SSSR count). The van der Waals surface area contributed by atoms with E-state index in [0.717, 1.165) is 58.3 Å². The lowest BCUT2D eigenvalue weighted by molar-refractivity contribution is -0.140. The predicted molar refractivity (Wildman–Crippen MR) is 172 cm³/mol. The van der Waals surface area contributed by atoms with Crippen molar-refractivity contribution >= 4 is 55.1 Å². The Morgan fingerprint density at radius 2 is 1.67 bits per heavy atom. The lowest BCUT2D eigenvalue weighted by atomic mass is 9.94. The number of carbonyl (C=O) groups is 2. The number of hydrogen-bond acceptors (Lipinski definition) is 4. The van der Waals surface area contributed by atoms with Crippen LogP contribution in [0.2, 0.25) is 5.02 Å². The molecule has 3 aromatic carbocycles. The highest BCUT2D eigenvalue weighted by Crippen LogP contribution is 2.27. The summed E-state index contributed by atoms with van der Waals surface area (Å²) in [5.41, 5.74) is 2.70. The first kappa shape index (κ1) is 32.0. The standard InChI is InChI=1S/C32H37BrClN3O4S/c1-23-18-27(34)16-17-29(23)37(42(2,40)41)22-31(38)36(21-25-12-9-13-26(33)19-25)30(20-24-10-5-3-6-11-24)32(39)35-28-14-7-4-8-15-28/h3,5-6,9-13,16-19,28,30H,4,7-8,14-15,20-22H2,1-2H3,(H,35,39)/t30-/m1/s1. The molecule has 1 aliphatic rings. The quantitative estimate of drug-likeness (QED) is 0.260. The molecular weight excluding hydrogens is 638 g/mol. The Morgan fingerprint density at radius 3 is 2.31 bits per heavy atom. The van der Waals surface area contributed by atoms with Crippen molar-refractivity contribution in [2.75, 3.05) is 17.1 Å². The van der Waals surface area contributed by atoms with E-state index in [1.165, 1.54) is 4.90 Å². The molecule has 0 bridgehead atoms. The fraction of sp³-hybridized carbons (Fsp3) is 0.375. The number of hydrogen-bond donors (Lipinski definition) is 1. The minimum atomic E-state index is -3.85.